The first kappa shape index (κ1) is 23.2. The number of nitrogens with zero attached hydrogens (tertiary/aromatic N) is 2. The van der Waals surface area contributed by atoms with Gasteiger partial charge in [-0.15, -0.1) is 0 Å². The van der Waals surface area contributed by atoms with Crippen LogP contribution in [0, 0.1) is 0 Å². The summed E-state index contributed by atoms with van der Waals surface area (Å²) >= 11 is 7.37. The summed E-state index contributed by atoms with van der Waals surface area (Å²) in [5, 5.41) is 3.70. The van der Waals surface area contributed by atoms with E-state index in [0.717, 1.165) is 5.56 Å². The second kappa shape index (κ2) is 10.7. The molecule has 0 atom stereocenters. The largest absolute Gasteiger partial charge is 0.493 e. The van der Waals surface area contributed by atoms with Gasteiger partial charge in [-0.3, -0.25) is 9.59 Å². The molecule has 0 saturated carbocycles. The molecule has 33 heavy (non-hydrogen) atoms. The van der Waals surface area contributed by atoms with Crippen molar-refractivity contribution in [2.75, 3.05) is 40.0 Å². The van der Waals surface area contributed by atoms with Crippen LogP contribution in [0.1, 0.15) is 5.56 Å². The van der Waals surface area contributed by atoms with Crippen molar-refractivity contribution in [2.24, 2.45) is 4.99 Å². The van der Waals surface area contributed by atoms with Gasteiger partial charge >= 0.3 is 0 Å². The third-order valence-corrected chi connectivity index (χ3v) is 6.16. The van der Waals surface area contributed by atoms with Crippen LogP contribution in [0.2, 0.25) is 5.02 Å². The van der Waals surface area contributed by atoms with Crippen molar-refractivity contribution >= 4 is 52.1 Å². The number of morpholine rings is 1. The fraction of sp³-hybridized carbons (Fsp3) is 0.261. The van der Waals surface area contributed by atoms with Crippen LogP contribution >= 0.6 is 23.4 Å². The number of methoxy groups -OCH3 is 1. The van der Waals surface area contributed by atoms with Gasteiger partial charge in [-0.25, -0.2) is 4.99 Å². The van der Waals surface area contributed by atoms with E-state index in [4.69, 9.17) is 25.8 Å². The molecule has 0 aromatic heterocycles. The third kappa shape index (κ3) is 5.87. The van der Waals surface area contributed by atoms with Crippen LogP contribution in [0.25, 0.3) is 6.08 Å². The minimum Gasteiger partial charge on any atom is -0.493 e. The van der Waals surface area contributed by atoms with Crippen LogP contribution in [0.4, 0.5) is 5.69 Å². The number of halogens is 1. The minimum absolute atomic E-state index is 0.0864. The Labute approximate surface area is 200 Å². The number of benzene rings is 2. The fourth-order valence-corrected chi connectivity index (χ4v) is 4.23. The van der Waals surface area contributed by atoms with Gasteiger partial charge in [0.15, 0.2) is 23.3 Å². The number of ether oxygens (including phenoxy) is 3. The predicted octanol–water partition coefficient (Wildman–Crippen LogP) is 3.48. The Morgan fingerprint density at radius 1 is 1.24 bits per heavy atom. The van der Waals surface area contributed by atoms with Crippen LogP contribution in [-0.4, -0.2) is 61.9 Å². The minimum atomic E-state index is -0.249. The van der Waals surface area contributed by atoms with Crippen LogP contribution in [0.3, 0.4) is 0 Å². The summed E-state index contributed by atoms with van der Waals surface area (Å²) in [6.07, 6.45) is 1.74. The molecular weight excluding hydrogens is 466 g/mol. The topological polar surface area (TPSA) is 89.5 Å². The first-order valence-electron chi connectivity index (χ1n) is 10.2. The van der Waals surface area contributed by atoms with Crippen molar-refractivity contribution in [1.82, 2.24) is 10.2 Å². The zero-order chi connectivity index (χ0) is 23.2. The highest BCUT2D eigenvalue weighted by atomic mass is 35.5. The van der Waals surface area contributed by atoms with Gasteiger partial charge in [-0.05, 0) is 47.7 Å². The van der Waals surface area contributed by atoms with Crippen LogP contribution in [0.5, 0.6) is 11.5 Å². The highest BCUT2D eigenvalue weighted by Crippen LogP contribution is 2.33. The smallest absolute Gasteiger partial charge is 0.264 e. The summed E-state index contributed by atoms with van der Waals surface area (Å²) in [6, 6.07) is 12.4. The van der Waals surface area contributed by atoms with Gasteiger partial charge in [0.05, 0.1) is 35.9 Å². The molecule has 2 aromatic rings. The molecule has 2 aliphatic heterocycles. The highest BCUT2D eigenvalue weighted by Gasteiger charge is 2.24. The average Bonchev–Trinajstić information content (AvgIpc) is 3.18. The molecule has 10 heteroatoms. The maximum Gasteiger partial charge on any atom is 0.264 e. The zero-order valence-corrected chi connectivity index (χ0v) is 19.4. The SMILES string of the molecule is COc1cc(/C=C2/SC(=Nc3ccccc3Cl)NC2=O)ccc1OCC(=O)N1CCOCC1. The number of hydrogen-bond acceptors (Lipinski definition) is 7. The van der Waals surface area contributed by atoms with Gasteiger partial charge in [0, 0.05) is 13.1 Å². The van der Waals surface area contributed by atoms with E-state index in [2.05, 4.69) is 10.3 Å². The normalized spacial score (nSPS) is 18.5. The van der Waals surface area contributed by atoms with Crippen molar-refractivity contribution in [3.8, 4) is 11.5 Å². The van der Waals surface area contributed by atoms with Gasteiger partial charge < -0.3 is 24.4 Å². The van der Waals surface area contributed by atoms with Crippen molar-refractivity contribution < 1.29 is 23.8 Å². The second-order valence-corrected chi connectivity index (χ2v) is 8.56. The summed E-state index contributed by atoms with van der Waals surface area (Å²) in [6.45, 7) is 2.11. The quantitative estimate of drug-likeness (QED) is 0.627. The summed E-state index contributed by atoms with van der Waals surface area (Å²) < 4.78 is 16.4. The third-order valence-electron chi connectivity index (χ3n) is 4.93. The Hall–Kier alpha value is -3.01. The molecule has 4 rings (SSSR count). The van der Waals surface area contributed by atoms with E-state index < -0.39 is 0 Å². The van der Waals surface area contributed by atoms with Crippen molar-refractivity contribution in [3.63, 3.8) is 0 Å². The van der Waals surface area contributed by atoms with E-state index in [-0.39, 0.29) is 18.4 Å². The molecule has 172 valence electrons. The average molecular weight is 488 g/mol. The molecule has 0 spiro atoms. The highest BCUT2D eigenvalue weighted by molar-refractivity contribution is 8.18. The summed E-state index contributed by atoms with van der Waals surface area (Å²) in [7, 11) is 1.52. The number of nitrogens with one attached hydrogen (secondary N) is 1. The lowest BCUT2D eigenvalue weighted by Gasteiger charge is -2.26. The van der Waals surface area contributed by atoms with Crippen LogP contribution < -0.4 is 14.8 Å². The Kier molecular flexibility index (Phi) is 7.54. The standard InChI is InChI=1S/C23H22ClN3O5S/c1-30-19-12-15(6-7-18(19)32-14-21(28)27-8-10-31-11-9-27)13-20-22(29)26-23(33-20)25-17-5-3-2-4-16(17)24/h2-7,12-13H,8-11,14H2,1H3,(H,25,26,29)/b20-13+. The lowest BCUT2D eigenvalue weighted by Crippen LogP contribution is -2.43. The molecule has 0 bridgehead atoms. The summed E-state index contributed by atoms with van der Waals surface area (Å²) in [5.74, 6) is 0.565. The molecule has 8 nitrogen and oxygen atoms in total. The van der Waals surface area contributed by atoms with E-state index >= 15 is 0 Å². The number of carbonyl (C=O) groups excluding carboxylic acids is 2. The Morgan fingerprint density at radius 2 is 2.03 bits per heavy atom. The summed E-state index contributed by atoms with van der Waals surface area (Å²) in [4.78, 5) is 31.3. The van der Waals surface area contributed by atoms with Crippen LogP contribution in [0.15, 0.2) is 52.4 Å². The molecule has 0 aliphatic carbocycles. The van der Waals surface area contributed by atoms with E-state index in [1.807, 2.05) is 12.1 Å². The summed E-state index contributed by atoms with van der Waals surface area (Å²) in [5.41, 5.74) is 1.33. The van der Waals surface area contributed by atoms with Crippen molar-refractivity contribution in [2.45, 2.75) is 0 Å². The van der Waals surface area contributed by atoms with E-state index in [9.17, 15) is 9.59 Å². The Morgan fingerprint density at radius 3 is 2.79 bits per heavy atom. The van der Waals surface area contributed by atoms with Gasteiger partial charge in [-0.2, -0.15) is 0 Å². The van der Waals surface area contributed by atoms with Crippen LogP contribution in [-0.2, 0) is 14.3 Å². The number of amides is 2. The van der Waals surface area contributed by atoms with Gasteiger partial charge in [0.25, 0.3) is 11.8 Å². The molecule has 2 aromatic carbocycles. The molecular formula is C23H22ClN3O5S. The van der Waals surface area contributed by atoms with Gasteiger partial charge in [-0.1, -0.05) is 29.8 Å². The first-order valence-corrected chi connectivity index (χ1v) is 11.4. The molecule has 2 saturated heterocycles. The Balaban J connectivity index is 1.44. The number of hydrogen-bond donors (Lipinski definition) is 1. The lowest BCUT2D eigenvalue weighted by molar-refractivity contribution is -0.137. The molecule has 2 aliphatic rings. The second-order valence-electron chi connectivity index (χ2n) is 7.13. The number of para-hydroxylation sites is 1. The van der Waals surface area contributed by atoms with E-state index in [0.29, 0.717) is 58.6 Å². The molecule has 2 fully saturated rings. The van der Waals surface area contributed by atoms with Crippen molar-refractivity contribution in [3.05, 3.63) is 58.0 Å². The fourth-order valence-electron chi connectivity index (χ4n) is 3.22. The van der Waals surface area contributed by atoms with E-state index in [1.54, 1.807) is 41.3 Å². The van der Waals surface area contributed by atoms with Gasteiger partial charge in [0.2, 0.25) is 0 Å². The van der Waals surface area contributed by atoms with Gasteiger partial charge in [0.1, 0.15) is 0 Å². The molecule has 1 N–H and O–H groups in total. The number of amidine groups is 1. The number of aliphatic imine (C=N–C) groups is 1. The van der Waals surface area contributed by atoms with E-state index in [1.165, 1.54) is 18.9 Å². The monoisotopic (exact) mass is 487 g/mol. The molecule has 0 unspecified atom stereocenters. The van der Waals surface area contributed by atoms with Crippen molar-refractivity contribution in [1.29, 1.82) is 0 Å². The number of carbonyl (C=O) groups is 2. The molecule has 2 amide bonds. The Bertz CT molecular complexity index is 1120. The maximum absolute atomic E-state index is 12.4. The lowest BCUT2D eigenvalue weighted by atomic mass is 10.2. The maximum atomic E-state index is 12.4. The number of thioether (sulfide) groups is 1. The zero-order valence-electron chi connectivity index (χ0n) is 17.9. The predicted molar refractivity (Wildman–Crippen MR) is 128 cm³/mol. The molecule has 2 heterocycles. The molecule has 0 radical (unpaired) electrons. The first-order chi connectivity index (χ1) is 16.0. The number of rotatable bonds is 6.